The molecule has 1 amide bonds. The average molecular weight is 561 g/mol. The van der Waals surface area contributed by atoms with Gasteiger partial charge in [0.05, 0.1) is 0 Å². The Morgan fingerprint density at radius 2 is 1.80 bits per heavy atom. The highest BCUT2D eigenvalue weighted by Gasteiger charge is 2.47. The number of anilines is 2. The minimum absolute atomic E-state index is 0.0328. The van der Waals surface area contributed by atoms with Crippen molar-refractivity contribution in [1.29, 1.82) is 0 Å². The molecule has 4 heterocycles. The van der Waals surface area contributed by atoms with E-state index in [0.29, 0.717) is 29.5 Å². The van der Waals surface area contributed by atoms with Gasteiger partial charge in [0, 0.05) is 25.0 Å². The van der Waals surface area contributed by atoms with E-state index in [1.807, 2.05) is 36.4 Å². The molecular weight excluding hydrogens is 528 g/mol. The molecule has 2 aliphatic rings. The lowest BCUT2D eigenvalue weighted by molar-refractivity contribution is -0.170. The second-order valence-corrected chi connectivity index (χ2v) is 10.1. The third-order valence-corrected chi connectivity index (χ3v) is 7.35. The molecule has 5 atom stereocenters. The Bertz CT molecular complexity index is 1440. The summed E-state index contributed by atoms with van der Waals surface area (Å²) >= 11 is 0. The first-order chi connectivity index (χ1) is 20.0. The number of nitrogens with two attached hydrogens (primary N) is 1. The lowest BCUT2D eigenvalue weighted by atomic mass is 9.91. The zero-order chi connectivity index (χ0) is 28.3. The van der Waals surface area contributed by atoms with Crippen molar-refractivity contribution in [2.45, 2.75) is 43.0 Å². The predicted molar refractivity (Wildman–Crippen MR) is 150 cm³/mol. The molecule has 13 nitrogen and oxygen atoms in total. The van der Waals surface area contributed by atoms with Gasteiger partial charge in [-0.2, -0.15) is 9.97 Å². The van der Waals surface area contributed by atoms with Crippen molar-refractivity contribution in [3.63, 3.8) is 0 Å². The van der Waals surface area contributed by atoms with E-state index in [2.05, 4.69) is 50.2 Å². The van der Waals surface area contributed by atoms with Crippen molar-refractivity contribution >= 4 is 28.8 Å². The number of nitrogens with one attached hydrogen (secondary N) is 3. The lowest BCUT2D eigenvalue weighted by Gasteiger charge is -2.20. The number of carbonyl (C=O) groups excluding carboxylic acids is 1. The summed E-state index contributed by atoms with van der Waals surface area (Å²) in [5.41, 5.74) is 8.32. The van der Waals surface area contributed by atoms with Gasteiger partial charge in [0.15, 0.2) is 17.4 Å². The first kappa shape index (κ1) is 26.9. The normalized spacial score (nSPS) is 24.1. The quantitative estimate of drug-likeness (QED) is 0.156. The van der Waals surface area contributed by atoms with Gasteiger partial charge in [-0.1, -0.05) is 60.7 Å². The Balaban J connectivity index is 1.31. The number of aromatic nitrogens is 4. The van der Waals surface area contributed by atoms with Crippen LogP contribution >= 0.6 is 0 Å². The molecule has 0 aliphatic carbocycles. The molecule has 6 rings (SSSR count). The predicted octanol–water partition coefficient (Wildman–Crippen LogP) is 0.205. The van der Waals surface area contributed by atoms with Crippen LogP contribution in [-0.4, -0.2) is 86.1 Å². The van der Waals surface area contributed by atoms with Crippen molar-refractivity contribution < 1.29 is 24.6 Å². The molecule has 0 radical (unpaired) electrons. The topological polar surface area (TPSA) is 182 Å². The molecule has 2 aliphatic heterocycles. The van der Waals surface area contributed by atoms with Crippen molar-refractivity contribution in [3.8, 4) is 0 Å². The molecule has 2 aromatic heterocycles. The van der Waals surface area contributed by atoms with E-state index in [0.717, 1.165) is 30.6 Å². The van der Waals surface area contributed by atoms with Gasteiger partial charge in [-0.15, -0.1) is 4.73 Å². The molecule has 13 heteroatoms. The van der Waals surface area contributed by atoms with Gasteiger partial charge in [0.2, 0.25) is 17.5 Å². The highest BCUT2D eigenvalue weighted by Crippen LogP contribution is 2.28. The number of ether oxygens (including phenoxy) is 1. The van der Waals surface area contributed by atoms with E-state index in [4.69, 9.17) is 20.3 Å². The standard InChI is InChI=1S/C28H32N8O5/c29-24(39)23-21(37)22(38)27(40-23)41-36-15-32-20-25(34-28(35-26(20)36)33-18-11-12-30-13-18)31-14-19(16-7-3-1-4-8-16)17-9-5-2-6-10-17/h1-10,15,18-19,21-23,27,30,37-38H,11-14H2,(H2,29,39)(H2,31,33,34,35)/t18?,21-,22+,23-,27-/m0/s1. The zero-order valence-corrected chi connectivity index (χ0v) is 22.1. The summed E-state index contributed by atoms with van der Waals surface area (Å²) in [6.45, 7) is 2.19. The molecule has 0 bridgehead atoms. The minimum atomic E-state index is -1.53. The fraction of sp³-hybridized carbons (Fsp3) is 0.357. The minimum Gasteiger partial charge on any atom is -0.387 e. The number of hydrogen-bond donors (Lipinski definition) is 6. The molecule has 2 aromatic carbocycles. The third kappa shape index (κ3) is 5.65. The summed E-state index contributed by atoms with van der Waals surface area (Å²) in [5.74, 6) is -0.0102. The fourth-order valence-electron chi connectivity index (χ4n) is 5.18. The van der Waals surface area contributed by atoms with E-state index < -0.39 is 30.5 Å². The van der Waals surface area contributed by atoms with Crippen LogP contribution in [0.15, 0.2) is 67.0 Å². The molecule has 7 N–H and O–H groups in total. The van der Waals surface area contributed by atoms with Gasteiger partial charge in [-0.05, 0) is 24.1 Å². The van der Waals surface area contributed by atoms with Crippen molar-refractivity contribution in [1.82, 2.24) is 25.0 Å². The third-order valence-electron chi connectivity index (χ3n) is 7.35. The molecule has 4 aromatic rings. The summed E-state index contributed by atoms with van der Waals surface area (Å²) in [5, 5.41) is 30.7. The molecular formula is C28H32N8O5. The second kappa shape index (κ2) is 11.7. The summed E-state index contributed by atoms with van der Waals surface area (Å²) in [6.07, 6.45) is -3.53. The van der Waals surface area contributed by atoms with Crippen LogP contribution in [0.25, 0.3) is 11.2 Å². The molecule has 0 saturated carbocycles. The van der Waals surface area contributed by atoms with E-state index in [9.17, 15) is 15.0 Å². The number of hydrogen-bond acceptors (Lipinski definition) is 11. The first-order valence-electron chi connectivity index (χ1n) is 13.5. The smallest absolute Gasteiger partial charge is 0.254 e. The Labute approximate surface area is 235 Å². The zero-order valence-electron chi connectivity index (χ0n) is 22.1. The van der Waals surface area contributed by atoms with Gasteiger partial charge in [0.1, 0.15) is 18.5 Å². The summed E-state index contributed by atoms with van der Waals surface area (Å²) in [6, 6.07) is 20.6. The number of fused-ring (bicyclic) bond motifs is 1. The lowest BCUT2D eigenvalue weighted by Crippen LogP contribution is -2.40. The highest BCUT2D eigenvalue weighted by atomic mass is 16.8. The number of carbonyl (C=O) groups is 1. The van der Waals surface area contributed by atoms with Crippen LogP contribution in [0.5, 0.6) is 0 Å². The van der Waals surface area contributed by atoms with E-state index in [1.54, 1.807) is 0 Å². The number of benzene rings is 2. The fourth-order valence-corrected chi connectivity index (χ4v) is 5.18. The Morgan fingerprint density at radius 1 is 1.10 bits per heavy atom. The van der Waals surface area contributed by atoms with Crippen LogP contribution < -0.4 is 26.5 Å². The maximum absolute atomic E-state index is 11.6. The maximum atomic E-state index is 11.6. The van der Waals surface area contributed by atoms with E-state index >= 15 is 0 Å². The largest absolute Gasteiger partial charge is 0.387 e. The number of amides is 1. The number of aliphatic hydroxyl groups excluding tert-OH is 2. The van der Waals surface area contributed by atoms with Gasteiger partial charge in [-0.3, -0.25) is 4.79 Å². The number of nitrogens with zero attached hydrogens (tertiary/aromatic N) is 4. The Kier molecular flexibility index (Phi) is 7.65. The van der Waals surface area contributed by atoms with Crippen LogP contribution in [0.4, 0.5) is 11.8 Å². The van der Waals surface area contributed by atoms with E-state index in [-0.39, 0.29) is 12.0 Å². The molecule has 2 fully saturated rings. The van der Waals surface area contributed by atoms with Gasteiger partial charge in [0.25, 0.3) is 6.29 Å². The molecule has 41 heavy (non-hydrogen) atoms. The van der Waals surface area contributed by atoms with Crippen LogP contribution in [0.1, 0.15) is 23.5 Å². The number of rotatable bonds is 10. The molecule has 214 valence electrons. The van der Waals surface area contributed by atoms with Crippen LogP contribution in [0.2, 0.25) is 0 Å². The van der Waals surface area contributed by atoms with Crippen LogP contribution in [0, 0.1) is 0 Å². The monoisotopic (exact) mass is 560 g/mol. The van der Waals surface area contributed by atoms with Gasteiger partial charge < -0.3 is 41.5 Å². The van der Waals surface area contributed by atoms with Crippen LogP contribution in [-0.2, 0) is 9.53 Å². The Hall–Kier alpha value is -4.30. The molecule has 0 spiro atoms. The van der Waals surface area contributed by atoms with Crippen LogP contribution in [0.3, 0.4) is 0 Å². The molecule has 2 saturated heterocycles. The SMILES string of the molecule is NC(=O)[C@H]1O[C@@H](On2cnc3c(NCC(c4ccccc4)c4ccccc4)nc(NC4CCNC4)nc32)[C@H](O)[C@@H]1O. The number of primary amides is 1. The molecule has 1 unspecified atom stereocenters. The average Bonchev–Trinajstić information content (AvgIpc) is 3.71. The van der Waals surface area contributed by atoms with Crippen molar-refractivity contribution in [3.05, 3.63) is 78.1 Å². The maximum Gasteiger partial charge on any atom is 0.254 e. The van der Waals surface area contributed by atoms with Crippen molar-refractivity contribution in [2.75, 3.05) is 30.3 Å². The number of imidazole rings is 1. The summed E-state index contributed by atoms with van der Waals surface area (Å²) in [4.78, 5) is 31.3. The summed E-state index contributed by atoms with van der Waals surface area (Å²) < 4.78 is 6.62. The first-order valence-corrected chi connectivity index (χ1v) is 13.5. The van der Waals surface area contributed by atoms with Crippen molar-refractivity contribution in [2.24, 2.45) is 5.73 Å². The van der Waals surface area contributed by atoms with E-state index in [1.165, 1.54) is 11.1 Å². The second-order valence-electron chi connectivity index (χ2n) is 10.1. The summed E-state index contributed by atoms with van der Waals surface area (Å²) in [7, 11) is 0. The Morgan fingerprint density at radius 3 is 2.41 bits per heavy atom. The van der Waals surface area contributed by atoms with Gasteiger partial charge in [-0.25, -0.2) is 4.98 Å². The van der Waals surface area contributed by atoms with Gasteiger partial charge >= 0.3 is 0 Å². The number of aliphatic hydroxyl groups is 2. The highest BCUT2D eigenvalue weighted by molar-refractivity contribution is 5.84.